The quantitative estimate of drug-likeness (QED) is 0.797. The molecule has 0 aliphatic carbocycles. The third-order valence-electron chi connectivity index (χ3n) is 4.21. The standard InChI is InChI=1S/C18H20ClNO2S/c19-17-3-1-14(2-4-17)11-22-12-15-5-8-20(9-6-15)18(21)16-7-10-23-13-16/h1-4,7,10,13,15H,5-6,8-9,11-12H2. The average molecular weight is 350 g/mol. The Hall–Kier alpha value is -1.36. The first-order chi connectivity index (χ1) is 11.2. The van der Waals surface area contributed by atoms with Crippen LogP contribution in [0.1, 0.15) is 28.8 Å². The van der Waals surface area contributed by atoms with Gasteiger partial charge in [0.25, 0.3) is 5.91 Å². The van der Waals surface area contributed by atoms with Crippen molar-refractivity contribution >= 4 is 28.8 Å². The summed E-state index contributed by atoms with van der Waals surface area (Å²) in [7, 11) is 0. The predicted molar refractivity (Wildman–Crippen MR) is 94.1 cm³/mol. The van der Waals surface area contributed by atoms with E-state index in [1.807, 2.05) is 46.0 Å². The van der Waals surface area contributed by atoms with Crippen LogP contribution in [0, 0.1) is 5.92 Å². The number of halogens is 1. The highest BCUT2D eigenvalue weighted by molar-refractivity contribution is 7.08. The molecule has 1 aromatic heterocycles. The average Bonchev–Trinajstić information content (AvgIpc) is 3.11. The van der Waals surface area contributed by atoms with E-state index >= 15 is 0 Å². The maximum atomic E-state index is 12.3. The second-order valence-electron chi connectivity index (χ2n) is 5.89. The lowest BCUT2D eigenvalue weighted by atomic mass is 9.97. The third kappa shape index (κ3) is 4.56. The maximum Gasteiger partial charge on any atom is 0.254 e. The predicted octanol–water partition coefficient (Wildman–Crippen LogP) is 4.47. The summed E-state index contributed by atoms with van der Waals surface area (Å²) < 4.78 is 5.82. The van der Waals surface area contributed by atoms with Crippen molar-refractivity contribution in [3.05, 3.63) is 57.2 Å². The van der Waals surface area contributed by atoms with E-state index in [1.165, 1.54) is 0 Å². The Labute approximate surface area is 145 Å². The number of hydrogen-bond donors (Lipinski definition) is 0. The van der Waals surface area contributed by atoms with Gasteiger partial charge in [-0.25, -0.2) is 0 Å². The first-order valence-corrected chi connectivity index (χ1v) is 9.18. The first-order valence-electron chi connectivity index (χ1n) is 7.86. The first kappa shape index (κ1) is 16.5. The molecule has 1 aromatic carbocycles. The number of thiophene rings is 1. The van der Waals surface area contributed by atoms with E-state index < -0.39 is 0 Å². The van der Waals surface area contributed by atoms with E-state index in [9.17, 15) is 4.79 Å². The largest absolute Gasteiger partial charge is 0.376 e. The van der Waals surface area contributed by atoms with E-state index in [-0.39, 0.29) is 5.91 Å². The molecular weight excluding hydrogens is 330 g/mol. The number of nitrogens with zero attached hydrogens (tertiary/aromatic N) is 1. The summed E-state index contributed by atoms with van der Waals surface area (Å²) in [5.41, 5.74) is 1.95. The van der Waals surface area contributed by atoms with Crippen LogP contribution in [-0.4, -0.2) is 30.5 Å². The summed E-state index contributed by atoms with van der Waals surface area (Å²) in [6, 6.07) is 9.65. The molecule has 3 nitrogen and oxygen atoms in total. The Balaban J connectivity index is 1.39. The number of rotatable bonds is 5. The molecule has 1 amide bonds. The van der Waals surface area contributed by atoms with Gasteiger partial charge in [-0.15, -0.1) is 0 Å². The maximum absolute atomic E-state index is 12.3. The molecular formula is C18H20ClNO2S. The van der Waals surface area contributed by atoms with Crippen molar-refractivity contribution in [3.63, 3.8) is 0 Å². The topological polar surface area (TPSA) is 29.5 Å². The normalized spacial score (nSPS) is 15.8. The highest BCUT2D eigenvalue weighted by Crippen LogP contribution is 2.21. The van der Waals surface area contributed by atoms with Crippen LogP contribution in [0.5, 0.6) is 0 Å². The Morgan fingerprint density at radius 1 is 1.22 bits per heavy atom. The van der Waals surface area contributed by atoms with Gasteiger partial charge in [0.1, 0.15) is 0 Å². The van der Waals surface area contributed by atoms with E-state index in [2.05, 4.69) is 0 Å². The number of carbonyl (C=O) groups excluding carboxylic acids is 1. The van der Waals surface area contributed by atoms with Gasteiger partial charge in [0, 0.05) is 30.1 Å². The molecule has 0 N–H and O–H groups in total. The molecule has 2 aromatic rings. The van der Waals surface area contributed by atoms with Gasteiger partial charge in [-0.2, -0.15) is 11.3 Å². The summed E-state index contributed by atoms with van der Waals surface area (Å²) >= 11 is 7.44. The van der Waals surface area contributed by atoms with E-state index in [4.69, 9.17) is 16.3 Å². The minimum Gasteiger partial charge on any atom is -0.376 e. The van der Waals surface area contributed by atoms with Gasteiger partial charge in [-0.05, 0) is 47.9 Å². The van der Waals surface area contributed by atoms with Crippen LogP contribution in [0.15, 0.2) is 41.1 Å². The molecule has 0 radical (unpaired) electrons. The van der Waals surface area contributed by atoms with Gasteiger partial charge >= 0.3 is 0 Å². The number of ether oxygens (including phenoxy) is 1. The van der Waals surface area contributed by atoms with Crippen LogP contribution in [-0.2, 0) is 11.3 Å². The molecule has 1 aliphatic heterocycles. The van der Waals surface area contributed by atoms with Crippen molar-refractivity contribution in [3.8, 4) is 0 Å². The molecule has 1 aliphatic rings. The van der Waals surface area contributed by atoms with Gasteiger partial charge in [-0.1, -0.05) is 23.7 Å². The summed E-state index contributed by atoms with van der Waals surface area (Å²) in [6.07, 6.45) is 2.02. The smallest absolute Gasteiger partial charge is 0.254 e. The van der Waals surface area contributed by atoms with Gasteiger partial charge in [0.15, 0.2) is 0 Å². The van der Waals surface area contributed by atoms with Crippen LogP contribution >= 0.6 is 22.9 Å². The monoisotopic (exact) mass is 349 g/mol. The molecule has 2 heterocycles. The van der Waals surface area contributed by atoms with Gasteiger partial charge in [-0.3, -0.25) is 4.79 Å². The van der Waals surface area contributed by atoms with Crippen molar-refractivity contribution in [1.29, 1.82) is 0 Å². The molecule has 3 rings (SSSR count). The fourth-order valence-corrected chi connectivity index (χ4v) is 3.55. The molecule has 0 atom stereocenters. The second kappa shape index (κ2) is 7.95. The van der Waals surface area contributed by atoms with Crippen molar-refractivity contribution in [2.45, 2.75) is 19.4 Å². The number of likely N-dealkylation sites (tertiary alicyclic amines) is 1. The molecule has 5 heteroatoms. The minimum absolute atomic E-state index is 0.159. The summed E-state index contributed by atoms with van der Waals surface area (Å²) in [6.45, 7) is 3.02. The fourth-order valence-electron chi connectivity index (χ4n) is 2.80. The van der Waals surface area contributed by atoms with E-state index in [0.717, 1.165) is 48.7 Å². The SMILES string of the molecule is O=C(c1ccsc1)N1CCC(COCc2ccc(Cl)cc2)CC1. The Morgan fingerprint density at radius 3 is 2.61 bits per heavy atom. The lowest BCUT2D eigenvalue weighted by Gasteiger charge is -2.31. The molecule has 0 bridgehead atoms. The zero-order chi connectivity index (χ0) is 16.1. The van der Waals surface area contributed by atoms with Crippen molar-refractivity contribution in [1.82, 2.24) is 4.90 Å². The van der Waals surface area contributed by atoms with Crippen molar-refractivity contribution < 1.29 is 9.53 Å². The number of hydrogen-bond acceptors (Lipinski definition) is 3. The number of benzene rings is 1. The highest BCUT2D eigenvalue weighted by atomic mass is 35.5. The number of piperidine rings is 1. The summed E-state index contributed by atoms with van der Waals surface area (Å²) in [5.74, 6) is 0.695. The molecule has 0 unspecified atom stereocenters. The van der Waals surface area contributed by atoms with Crippen LogP contribution < -0.4 is 0 Å². The fraction of sp³-hybridized carbons (Fsp3) is 0.389. The third-order valence-corrected chi connectivity index (χ3v) is 5.14. The Kier molecular flexibility index (Phi) is 5.70. The van der Waals surface area contributed by atoms with E-state index in [0.29, 0.717) is 12.5 Å². The lowest BCUT2D eigenvalue weighted by molar-refractivity contribution is 0.0479. The van der Waals surface area contributed by atoms with Gasteiger partial charge < -0.3 is 9.64 Å². The van der Waals surface area contributed by atoms with Gasteiger partial charge in [0.05, 0.1) is 12.2 Å². The van der Waals surface area contributed by atoms with Gasteiger partial charge in [0.2, 0.25) is 0 Å². The minimum atomic E-state index is 0.159. The summed E-state index contributed by atoms with van der Waals surface area (Å²) in [5, 5.41) is 4.62. The number of carbonyl (C=O) groups is 1. The van der Waals surface area contributed by atoms with Crippen molar-refractivity contribution in [2.24, 2.45) is 5.92 Å². The van der Waals surface area contributed by atoms with Crippen molar-refractivity contribution in [2.75, 3.05) is 19.7 Å². The zero-order valence-corrected chi connectivity index (χ0v) is 14.5. The van der Waals surface area contributed by atoms with Crippen LogP contribution in [0.2, 0.25) is 5.02 Å². The molecule has 122 valence electrons. The Bertz CT molecular complexity index is 619. The van der Waals surface area contributed by atoms with Crippen LogP contribution in [0.3, 0.4) is 0 Å². The molecule has 0 saturated carbocycles. The number of amides is 1. The zero-order valence-electron chi connectivity index (χ0n) is 12.9. The highest BCUT2D eigenvalue weighted by Gasteiger charge is 2.23. The Morgan fingerprint density at radius 2 is 1.96 bits per heavy atom. The molecule has 23 heavy (non-hydrogen) atoms. The molecule has 1 saturated heterocycles. The lowest BCUT2D eigenvalue weighted by Crippen LogP contribution is -2.39. The summed E-state index contributed by atoms with van der Waals surface area (Å²) in [4.78, 5) is 14.2. The van der Waals surface area contributed by atoms with Crippen LogP contribution in [0.25, 0.3) is 0 Å². The van der Waals surface area contributed by atoms with Crippen LogP contribution in [0.4, 0.5) is 0 Å². The second-order valence-corrected chi connectivity index (χ2v) is 7.11. The van der Waals surface area contributed by atoms with E-state index in [1.54, 1.807) is 11.3 Å². The molecule has 1 fully saturated rings. The molecule has 0 spiro atoms.